The van der Waals surface area contributed by atoms with Crippen LogP contribution in [0, 0.1) is 0 Å². The minimum atomic E-state index is -3.60. The van der Waals surface area contributed by atoms with Crippen LogP contribution in [0.5, 0.6) is 0 Å². The Morgan fingerprint density at radius 2 is 1.93 bits per heavy atom. The lowest BCUT2D eigenvalue weighted by molar-refractivity contribution is 0.101. The van der Waals surface area contributed by atoms with Gasteiger partial charge in [0.2, 0.25) is 10.0 Å². The summed E-state index contributed by atoms with van der Waals surface area (Å²) in [5, 5.41) is 3.36. The van der Waals surface area contributed by atoms with Crippen molar-refractivity contribution in [2.75, 3.05) is 18.4 Å². The number of aromatic nitrogens is 2. The summed E-state index contributed by atoms with van der Waals surface area (Å²) in [7, 11) is -1.94. The summed E-state index contributed by atoms with van der Waals surface area (Å²) < 4.78 is 28.2. The van der Waals surface area contributed by atoms with E-state index in [1.807, 2.05) is 0 Å². The highest BCUT2D eigenvalue weighted by atomic mass is 32.2. The van der Waals surface area contributed by atoms with E-state index in [4.69, 9.17) is 0 Å². The van der Waals surface area contributed by atoms with Gasteiger partial charge in [-0.2, -0.15) is 4.31 Å². The SMILES string of the molecule is CCCc1nc(NC(=O)c2cc(S(=O)(=O)N(CC)CC)cn2C)sc1CC. The Hall–Kier alpha value is -1.71. The molecule has 0 saturated carbocycles. The molecule has 9 heteroatoms. The molecular weight excluding hydrogens is 384 g/mol. The fourth-order valence-electron chi connectivity index (χ4n) is 2.92. The van der Waals surface area contributed by atoms with E-state index in [9.17, 15) is 13.2 Å². The van der Waals surface area contributed by atoms with Gasteiger partial charge in [-0.05, 0) is 18.9 Å². The smallest absolute Gasteiger partial charge is 0.274 e. The number of thiazole rings is 1. The van der Waals surface area contributed by atoms with E-state index in [0.717, 1.165) is 25.0 Å². The Morgan fingerprint density at radius 1 is 1.26 bits per heavy atom. The molecule has 0 aliphatic rings. The number of amides is 1. The van der Waals surface area contributed by atoms with Crippen LogP contribution in [0.15, 0.2) is 17.2 Å². The molecule has 2 aromatic heterocycles. The number of hydrogen-bond acceptors (Lipinski definition) is 5. The monoisotopic (exact) mass is 412 g/mol. The van der Waals surface area contributed by atoms with Crippen molar-refractivity contribution in [3.63, 3.8) is 0 Å². The second kappa shape index (κ2) is 8.99. The first-order chi connectivity index (χ1) is 12.8. The minimum absolute atomic E-state index is 0.124. The summed E-state index contributed by atoms with van der Waals surface area (Å²) in [5.74, 6) is -0.363. The predicted octanol–water partition coefficient (Wildman–Crippen LogP) is 3.28. The molecule has 0 atom stereocenters. The predicted molar refractivity (Wildman–Crippen MR) is 109 cm³/mol. The van der Waals surface area contributed by atoms with E-state index < -0.39 is 10.0 Å². The first-order valence-electron chi connectivity index (χ1n) is 9.24. The van der Waals surface area contributed by atoms with Crippen molar-refractivity contribution < 1.29 is 13.2 Å². The number of nitrogens with zero attached hydrogens (tertiary/aromatic N) is 3. The molecular formula is C18H28N4O3S2. The zero-order valence-electron chi connectivity index (χ0n) is 16.6. The lowest BCUT2D eigenvalue weighted by Gasteiger charge is -2.17. The third kappa shape index (κ3) is 4.59. The molecule has 0 aromatic carbocycles. The molecule has 27 heavy (non-hydrogen) atoms. The van der Waals surface area contributed by atoms with Gasteiger partial charge in [-0.3, -0.25) is 10.1 Å². The van der Waals surface area contributed by atoms with E-state index in [-0.39, 0.29) is 16.5 Å². The Balaban J connectivity index is 2.27. The number of rotatable bonds is 9. The Labute approximate surface area is 165 Å². The molecule has 0 aliphatic heterocycles. The zero-order chi connectivity index (χ0) is 20.2. The molecule has 1 amide bonds. The Bertz CT molecular complexity index is 896. The van der Waals surface area contributed by atoms with Gasteiger partial charge in [0.15, 0.2) is 5.13 Å². The zero-order valence-corrected chi connectivity index (χ0v) is 18.2. The highest BCUT2D eigenvalue weighted by Crippen LogP contribution is 2.26. The third-order valence-corrected chi connectivity index (χ3v) is 7.53. The lowest BCUT2D eigenvalue weighted by atomic mass is 10.2. The Kier molecular flexibility index (Phi) is 7.19. The van der Waals surface area contributed by atoms with Crippen LogP contribution in [0.4, 0.5) is 5.13 Å². The molecule has 0 unspecified atom stereocenters. The van der Waals surface area contributed by atoms with Crippen molar-refractivity contribution >= 4 is 32.4 Å². The molecule has 2 aromatic rings. The van der Waals surface area contributed by atoms with Gasteiger partial charge >= 0.3 is 0 Å². The molecule has 150 valence electrons. The molecule has 1 N–H and O–H groups in total. The van der Waals surface area contributed by atoms with Crippen molar-refractivity contribution in [1.29, 1.82) is 0 Å². The van der Waals surface area contributed by atoms with Gasteiger partial charge in [0.05, 0.1) is 5.69 Å². The van der Waals surface area contributed by atoms with E-state index >= 15 is 0 Å². The topological polar surface area (TPSA) is 84.3 Å². The maximum atomic E-state index is 12.7. The summed E-state index contributed by atoms with van der Waals surface area (Å²) in [6.07, 6.45) is 4.23. The van der Waals surface area contributed by atoms with Gasteiger partial charge in [-0.1, -0.05) is 34.1 Å². The van der Waals surface area contributed by atoms with E-state index in [2.05, 4.69) is 24.1 Å². The number of aryl methyl sites for hydroxylation is 3. The molecule has 0 bridgehead atoms. The number of carbonyl (C=O) groups excluding carboxylic acids is 1. The molecule has 0 saturated heterocycles. The first kappa shape index (κ1) is 21.6. The molecule has 0 aliphatic carbocycles. The van der Waals surface area contributed by atoms with Gasteiger partial charge in [0, 0.05) is 31.2 Å². The molecule has 2 heterocycles. The largest absolute Gasteiger partial charge is 0.345 e. The van der Waals surface area contributed by atoms with Crippen molar-refractivity contribution in [3.8, 4) is 0 Å². The number of carbonyl (C=O) groups is 1. The minimum Gasteiger partial charge on any atom is -0.345 e. The lowest BCUT2D eigenvalue weighted by Crippen LogP contribution is -2.30. The Morgan fingerprint density at radius 3 is 2.48 bits per heavy atom. The normalized spacial score (nSPS) is 11.9. The van der Waals surface area contributed by atoms with Crippen LogP contribution in [0.3, 0.4) is 0 Å². The summed E-state index contributed by atoms with van der Waals surface area (Å²) >= 11 is 1.47. The maximum Gasteiger partial charge on any atom is 0.274 e. The van der Waals surface area contributed by atoms with Crippen molar-refractivity contribution in [2.24, 2.45) is 7.05 Å². The molecule has 0 fully saturated rings. The highest BCUT2D eigenvalue weighted by Gasteiger charge is 2.25. The fraction of sp³-hybridized carbons (Fsp3) is 0.556. The summed E-state index contributed by atoms with van der Waals surface area (Å²) in [6, 6.07) is 1.42. The second-order valence-corrected chi connectivity index (χ2v) is 9.23. The average Bonchev–Trinajstić information content (AvgIpc) is 3.19. The summed E-state index contributed by atoms with van der Waals surface area (Å²) in [4.78, 5) is 18.5. The van der Waals surface area contributed by atoms with Crippen LogP contribution in [0.25, 0.3) is 0 Å². The van der Waals surface area contributed by atoms with Crippen LogP contribution in [-0.4, -0.2) is 41.3 Å². The van der Waals surface area contributed by atoms with Gasteiger partial charge in [0.25, 0.3) is 5.91 Å². The quantitative estimate of drug-likeness (QED) is 0.685. The number of anilines is 1. The standard InChI is InChI=1S/C18H28N4O3S2/c1-6-10-14-16(7-2)26-18(19-14)20-17(23)15-11-13(12-21(15)5)27(24,25)22(8-3)9-4/h11-12H,6-10H2,1-5H3,(H,19,20,23). The van der Waals surface area contributed by atoms with Crippen LogP contribution in [0.2, 0.25) is 0 Å². The number of nitrogens with one attached hydrogen (secondary N) is 1. The third-order valence-electron chi connectivity index (χ3n) is 4.36. The number of sulfonamides is 1. The molecule has 0 spiro atoms. The maximum absolute atomic E-state index is 12.7. The molecule has 2 rings (SSSR count). The van der Waals surface area contributed by atoms with Gasteiger partial charge < -0.3 is 4.57 Å². The van der Waals surface area contributed by atoms with E-state index in [1.54, 1.807) is 20.9 Å². The average molecular weight is 413 g/mol. The highest BCUT2D eigenvalue weighted by molar-refractivity contribution is 7.89. The second-order valence-electron chi connectivity index (χ2n) is 6.21. The van der Waals surface area contributed by atoms with Crippen LogP contribution in [0.1, 0.15) is 55.2 Å². The van der Waals surface area contributed by atoms with Gasteiger partial charge in [-0.15, -0.1) is 11.3 Å². The summed E-state index contributed by atoms with van der Waals surface area (Å²) in [5.41, 5.74) is 1.31. The van der Waals surface area contributed by atoms with Crippen LogP contribution in [-0.2, 0) is 29.9 Å². The van der Waals surface area contributed by atoms with Crippen molar-refractivity contribution in [1.82, 2.24) is 13.9 Å². The van der Waals surface area contributed by atoms with E-state index in [1.165, 1.54) is 37.3 Å². The van der Waals surface area contributed by atoms with E-state index in [0.29, 0.717) is 18.2 Å². The summed E-state index contributed by atoms with van der Waals surface area (Å²) in [6.45, 7) is 8.51. The van der Waals surface area contributed by atoms with Crippen LogP contribution >= 0.6 is 11.3 Å². The van der Waals surface area contributed by atoms with Gasteiger partial charge in [-0.25, -0.2) is 13.4 Å². The molecule has 7 nitrogen and oxygen atoms in total. The van der Waals surface area contributed by atoms with Crippen molar-refractivity contribution in [2.45, 2.75) is 51.9 Å². The van der Waals surface area contributed by atoms with Crippen LogP contribution < -0.4 is 5.32 Å². The first-order valence-corrected chi connectivity index (χ1v) is 11.5. The van der Waals surface area contributed by atoms with Gasteiger partial charge in [0.1, 0.15) is 10.6 Å². The van der Waals surface area contributed by atoms with Crippen molar-refractivity contribution in [3.05, 3.63) is 28.5 Å². The number of hydrogen-bond donors (Lipinski definition) is 1. The molecule has 0 radical (unpaired) electrons. The fourth-order valence-corrected chi connectivity index (χ4v) is 5.39.